The van der Waals surface area contributed by atoms with E-state index < -0.39 is 0 Å². The zero-order chi connectivity index (χ0) is 22.4. The number of carbonyl (C=O) groups excluding carboxylic acids is 2. The molecule has 2 aromatic carbocycles. The largest absolute Gasteiger partial charge is 0.493 e. The summed E-state index contributed by atoms with van der Waals surface area (Å²) in [7, 11) is 4.54. The SMILES string of the molecule is COc1ccc(C(=O)N2CCN(CC(=O)Nc3ccc(C)cc3)CC2)c(OC)c1OC. The number of nitrogens with zero attached hydrogens (tertiary/aromatic N) is 2. The van der Waals surface area contributed by atoms with Crippen LogP contribution in [0.1, 0.15) is 15.9 Å². The minimum Gasteiger partial charge on any atom is -0.493 e. The van der Waals surface area contributed by atoms with Gasteiger partial charge in [-0.15, -0.1) is 0 Å². The number of nitrogens with one attached hydrogen (secondary N) is 1. The molecule has 31 heavy (non-hydrogen) atoms. The lowest BCUT2D eigenvalue weighted by atomic mass is 10.1. The number of carbonyl (C=O) groups is 2. The molecule has 2 amide bonds. The summed E-state index contributed by atoms with van der Waals surface area (Å²) >= 11 is 0. The molecule has 0 spiro atoms. The van der Waals surface area contributed by atoms with E-state index in [2.05, 4.69) is 5.32 Å². The summed E-state index contributed by atoms with van der Waals surface area (Å²) < 4.78 is 16.1. The molecule has 0 aliphatic carbocycles. The lowest BCUT2D eigenvalue weighted by molar-refractivity contribution is -0.117. The first-order chi connectivity index (χ1) is 15.0. The maximum atomic E-state index is 13.1. The number of hydrogen-bond acceptors (Lipinski definition) is 6. The van der Waals surface area contributed by atoms with Crippen LogP contribution in [0.15, 0.2) is 36.4 Å². The van der Waals surface area contributed by atoms with E-state index in [9.17, 15) is 9.59 Å². The number of piperazine rings is 1. The van der Waals surface area contributed by atoms with Crippen molar-refractivity contribution >= 4 is 17.5 Å². The molecule has 1 aliphatic heterocycles. The van der Waals surface area contributed by atoms with E-state index in [-0.39, 0.29) is 18.4 Å². The summed E-state index contributed by atoms with van der Waals surface area (Å²) in [5, 5.41) is 2.91. The monoisotopic (exact) mass is 427 g/mol. The van der Waals surface area contributed by atoms with Gasteiger partial charge in [-0.2, -0.15) is 0 Å². The zero-order valence-electron chi connectivity index (χ0n) is 18.4. The first kappa shape index (κ1) is 22.4. The molecule has 0 atom stereocenters. The lowest BCUT2D eigenvalue weighted by Gasteiger charge is -2.34. The predicted octanol–water partition coefficient (Wildman–Crippen LogP) is 2.42. The fourth-order valence-corrected chi connectivity index (χ4v) is 3.59. The van der Waals surface area contributed by atoms with Gasteiger partial charge in [0.05, 0.1) is 33.4 Å². The van der Waals surface area contributed by atoms with Crippen molar-refractivity contribution < 1.29 is 23.8 Å². The van der Waals surface area contributed by atoms with Gasteiger partial charge in [0.1, 0.15) is 0 Å². The Morgan fingerprint density at radius 2 is 1.52 bits per heavy atom. The number of aryl methyl sites for hydroxylation is 1. The lowest BCUT2D eigenvalue weighted by Crippen LogP contribution is -2.50. The van der Waals surface area contributed by atoms with Gasteiger partial charge in [0.25, 0.3) is 5.91 Å². The Morgan fingerprint density at radius 3 is 2.10 bits per heavy atom. The maximum Gasteiger partial charge on any atom is 0.257 e. The number of anilines is 1. The summed E-state index contributed by atoms with van der Waals surface area (Å²) in [4.78, 5) is 29.2. The summed E-state index contributed by atoms with van der Waals surface area (Å²) in [6.45, 7) is 4.56. The average Bonchev–Trinajstić information content (AvgIpc) is 2.79. The van der Waals surface area contributed by atoms with Crippen LogP contribution >= 0.6 is 0 Å². The summed E-state index contributed by atoms with van der Waals surface area (Å²) in [6.07, 6.45) is 0. The highest BCUT2D eigenvalue weighted by molar-refractivity contribution is 5.98. The van der Waals surface area contributed by atoms with Gasteiger partial charge in [0.15, 0.2) is 11.5 Å². The molecule has 2 aromatic rings. The number of hydrogen-bond donors (Lipinski definition) is 1. The number of amides is 2. The van der Waals surface area contributed by atoms with Crippen LogP contribution in [0.25, 0.3) is 0 Å². The van der Waals surface area contributed by atoms with Crippen molar-refractivity contribution in [2.75, 3.05) is 59.4 Å². The molecular formula is C23H29N3O5. The molecule has 8 nitrogen and oxygen atoms in total. The van der Waals surface area contributed by atoms with Gasteiger partial charge < -0.3 is 24.4 Å². The smallest absolute Gasteiger partial charge is 0.257 e. The Kier molecular flexibility index (Phi) is 7.36. The topological polar surface area (TPSA) is 80.3 Å². The van der Waals surface area contributed by atoms with E-state index in [1.54, 1.807) is 17.0 Å². The summed E-state index contributed by atoms with van der Waals surface area (Å²) in [5.41, 5.74) is 2.35. The van der Waals surface area contributed by atoms with Gasteiger partial charge in [0, 0.05) is 31.9 Å². The van der Waals surface area contributed by atoms with Crippen molar-refractivity contribution in [1.82, 2.24) is 9.80 Å². The van der Waals surface area contributed by atoms with Crippen LogP contribution < -0.4 is 19.5 Å². The Balaban J connectivity index is 1.58. The first-order valence-corrected chi connectivity index (χ1v) is 10.1. The Labute approximate surface area is 182 Å². The van der Waals surface area contributed by atoms with Crippen molar-refractivity contribution in [3.63, 3.8) is 0 Å². The highest BCUT2D eigenvalue weighted by Crippen LogP contribution is 2.40. The molecule has 0 aromatic heterocycles. The standard InChI is InChI=1S/C23H29N3O5/c1-16-5-7-17(8-6-16)24-20(27)15-25-11-13-26(14-12-25)23(28)18-9-10-19(29-2)22(31-4)21(18)30-3/h5-10H,11-15H2,1-4H3,(H,24,27). The van der Waals surface area contributed by atoms with Crippen LogP contribution in [0, 0.1) is 6.92 Å². The Morgan fingerprint density at radius 1 is 0.871 bits per heavy atom. The highest BCUT2D eigenvalue weighted by atomic mass is 16.5. The fraction of sp³-hybridized carbons (Fsp3) is 0.391. The number of ether oxygens (including phenoxy) is 3. The molecule has 1 fully saturated rings. The van der Waals surface area contributed by atoms with E-state index in [4.69, 9.17) is 14.2 Å². The molecule has 0 unspecified atom stereocenters. The average molecular weight is 428 g/mol. The predicted molar refractivity (Wildman–Crippen MR) is 118 cm³/mol. The van der Waals surface area contributed by atoms with Gasteiger partial charge >= 0.3 is 0 Å². The second-order valence-corrected chi connectivity index (χ2v) is 7.36. The molecular weight excluding hydrogens is 398 g/mol. The van der Waals surface area contributed by atoms with Crippen molar-refractivity contribution in [3.05, 3.63) is 47.5 Å². The molecule has 1 saturated heterocycles. The fourth-order valence-electron chi connectivity index (χ4n) is 3.59. The van der Waals surface area contributed by atoms with E-state index in [0.29, 0.717) is 49.0 Å². The van der Waals surface area contributed by atoms with Crippen molar-refractivity contribution in [2.45, 2.75) is 6.92 Å². The number of benzene rings is 2. The Hall–Kier alpha value is -3.26. The van der Waals surface area contributed by atoms with Crippen molar-refractivity contribution in [3.8, 4) is 17.2 Å². The third-order valence-electron chi connectivity index (χ3n) is 5.30. The van der Waals surface area contributed by atoms with Crippen LogP contribution in [0.4, 0.5) is 5.69 Å². The zero-order valence-corrected chi connectivity index (χ0v) is 18.4. The van der Waals surface area contributed by atoms with Crippen LogP contribution in [-0.2, 0) is 4.79 Å². The van der Waals surface area contributed by atoms with E-state index >= 15 is 0 Å². The second kappa shape index (κ2) is 10.2. The minimum atomic E-state index is -0.137. The first-order valence-electron chi connectivity index (χ1n) is 10.1. The highest BCUT2D eigenvalue weighted by Gasteiger charge is 2.27. The molecule has 8 heteroatoms. The summed E-state index contributed by atoms with van der Waals surface area (Å²) in [6, 6.07) is 11.1. The molecule has 0 bridgehead atoms. The van der Waals surface area contributed by atoms with Gasteiger partial charge in [-0.25, -0.2) is 0 Å². The van der Waals surface area contributed by atoms with Crippen molar-refractivity contribution in [2.24, 2.45) is 0 Å². The van der Waals surface area contributed by atoms with Gasteiger partial charge in [-0.3, -0.25) is 14.5 Å². The number of rotatable bonds is 7. The Bertz CT molecular complexity index is 922. The van der Waals surface area contributed by atoms with Crippen molar-refractivity contribution in [1.29, 1.82) is 0 Å². The van der Waals surface area contributed by atoms with Crippen LogP contribution in [0.5, 0.6) is 17.2 Å². The van der Waals surface area contributed by atoms with E-state index in [1.807, 2.05) is 36.1 Å². The van der Waals surface area contributed by atoms with Crippen LogP contribution in [0.3, 0.4) is 0 Å². The molecule has 1 aliphatic rings. The van der Waals surface area contributed by atoms with Crippen LogP contribution in [-0.4, -0.2) is 75.7 Å². The number of methoxy groups -OCH3 is 3. The molecule has 1 N–H and O–H groups in total. The molecule has 1 heterocycles. The van der Waals surface area contributed by atoms with Gasteiger partial charge in [0.2, 0.25) is 11.7 Å². The van der Waals surface area contributed by atoms with E-state index in [1.165, 1.54) is 21.3 Å². The second-order valence-electron chi connectivity index (χ2n) is 7.36. The third kappa shape index (κ3) is 5.27. The van der Waals surface area contributed by atoms with Gasteiger partial charge in [-0.05, 0) is 31.2 Å². The molecule has 166 valence electrons. The maximum absolute atomic E-state index is 13.1. The molecule has 3 rings (SSSR count). The quantitative estimate of drug-likeness (QED) is 0.731. The summed E-state index contributed by atoms with van der Waals surface area (Å²) in [5.74, 6) is 1.04. The molecule has 0 saturated carbocycles. The normalized spacial score (nSPS) is 14.1. The van der Waals surface area contributed by atoms with Crippen LogP contribution in [0.2, 0.25) is 0 Å². The molecule has 0 radical (unpaired) electrons. The van der Waals surface area contributed by atoms with Gasteiger partial charge in [-0.1, -0.05) is 17.7 Å². The minimum absolute atomic E-state index is 0.0646. The third-order valence-corrected chi connectivity index (χ3v) is 5.30. The van der Waals surface area contributed by atoms with E-state index in [0.717, 1.165) is 11.3 Å².